The third kappa shape index (κ3) is 5.77. The van der Waals surface area contributed by atoms with Crippen molar-refractivity contribution in [3.05, 3.63) is 59.7 Å². The highest BCUT2D eigenvalue weighted by molar-refractivity contribution is 5.81. The molecule has 7 heteroatoms. The maximum Gasteiger partial charge on any atom is 0.387 e. The quantitative estimate of drug-likeness (QED) is 0.806. The Hall–Kier alpha value is -3.14. The number of hydrogen-bond donors (Lipinski definition) is 2. The van der Waals surface area contributed by atoms with Gasteiger partial charge in [0, 0.05) is 5.69 Å². The second-order valence-corrected chi connectivity index (χ2v) is 5.28. The molecule has 0 saturated heterocycles. The van der Waals surface area contributed by atoms with Crippen molar-refractivity contribution in [2.45, 2.75) is 19.6 Å². The topological polar surface area (TPSA) is 74.2 Å². The first kappa shape index (κ1) is 18.2. The van der Waals surface area contributed by atoms with Crippen LogP contribution in [-0.2, 0) is 4.79 Å². The summed E-state index contributed by atoms with van der Waals surface area (Å²) in [5.41, 5.74) is 2.05. The fraction of sp³-hybridized carbons (Fsp3) is 0.222. The number of alkyl halides is 2. The first-order valence-corrected chi connectivity index (χ1v) is 7.56. The Kier molecular flexibility index (Phi) is 6.29. The number of halogens is 2. The van der Waals surface area contributed by atoms with Crippen molar-refractivity contribution in [1.82, 2.24) is 5.32 Å². The number of amides is 1. The van der Waals surface area contributed by atoms with Crippen molar-refractivity contribution >= 4 is 11.6 Å². The Balaban J connectivity index is 1.83. The molecule has 0 heterocycles. The lowest BCUT2D eigenvalue weighted by atomic mass is 10.1. The number of nitriles is 1. The fourth-order valence-electron chi connectivity index (χ4n) is 2.16. The Morgan fingerprint density at radius 3 is 2.36 bits per heavy atom. The van der Waals surface area contributed by atoms with E-state index in [4.69, 9.17) is 5.26 Å². The minimum absolute atomic E-state index is 0.0692. The van der Waals surface area contributed by atoms with Crippen molar-refractivity contribution in [3.8, 4) is 11.8 Å². The third-order valence-electron chi connectivity index (χ3n) is 3.45. The van der Waals surface area contributed by atoms with E-state index in [2.05, 4.69) is 15.4 Å². The Bertz CT molecular complexity index is 740. The lowest BCUT2D eigenvalue weighted by Crippen LogP contribution is -2.32. The molecular formula is C18H17F2N3O2. The number of nitrogens with zero attached hydrogens (tertiary/aromatic N) is 1. The van der Waals surface area contributed by atoms with Crippen LogP contribution in [0.5, 0.6) is 5.75 Å². The van der Waals surface area contributed by atoms with Crippen LogP contribution in [0.1, 0.15) is 24.1 Å². The molecule has 0 fully saturated rings. The van der Waals surface area contributed by atoms with Crippen LogP contribution in [0, 0.1) is 11.3 Å². The molecule has 0 aliphatic carbocycles. The second kappa shape index (κ2) is 8.64. The van der Waals surface area contributed by atoms with Crippen LogP contribution in [0.2, 0.25) is 0 Å². The summed E-state index contributed by atoms with van der Waals surface area (Å²) >= 11 is 0. The van der Waals surface area contributed by atoms with Gasteiger partial charge in [-0.05, 0) is 48.9 Å². The minimum Gasteiger partial charge on any atom is -0.435 e. The average Bonchev–Trinajstić information content (AvgIpc) is 2.60. The number of anilines is 1. The van der Waals surface area contributed by atoms with E-state index in [1.807, 2.05) is 6.07 Å². The van der Waals surface area contributed by atoms with Crippen LogP contribution in [0.4, 0.5) is 14.5 Å². The van der Waals surface area contributed by atoms with E-state index in [0.29, 0.717) is 5.56 Å². The van der Waals surface area contributed by atoms with Gasteiger partial charge in [-0.25, -0.2) is 0 Å². The molecule has 0 bridgehead atoms. The van der Waals surface area contributed by atoms with Gasteiger partial charge in [0.25, 0.3) is 0 Å². The number of carbonyl (C=O) groups is 1. The Morgan fingerprint density at radius 1 is 1.16 bits per heavy atom. The highest BCUT2D eigenvalue weighted by Crippen LogP contribution is 2.19. The predicted octanol–water partition coefficient (Wildman–Crippen LogP) is 3.45. The molecule has 1 amide bonds. The Morgan fingerprint density at radius 2 is 1.80 bits per heavy atom. The van der Waals surface area contributed by atoms with Gasteiger partial charge in [-0.1, -0.05) is 12.1 Å². The van der Waals surface area contributed by atoms with Gasteiger partial charge in [0.05, 0.1) is 24.2 Å². The van der Waals surface area contributed by atoms with Crippen LogP contribution in [0.3, 0.4) is 0 Å². The molecule has 1 unspecified atom stereocenters. The number of benzene rings is 2. The first-order chi connectivity index (χ1) is 12.0. The maximum atomic E-state index is 12.1. The molecule has 2 aromatic carbocycles. The van der Waals surface area contributed by atoms with Crippen molar-refractivity contribution in [3.63, 3.8) is 0 Å². The molecule has 0 aliphatic rings. The highest BCUT2D eigenvalue weighted by Gasteiger charge is 2.10. The lowest BCUT2D eigenvalue weighted by Gasteiger charge is -2.15. The predicted molar refractivity (Wildman–Crippen MR) is 89.3 cm³/mol. The minimum atomic E-state index is -2.86. The summed E-state index contributed by atoms with van der Waals surface area (Å²) < 4.78 is 28.5. The number of carbonyl (C=O) groups excluding carboxylic acids is 1. The maximum absolute atomic E-state index is 12.1. The molecule has 25 heavy (non-hydrogen) atoms. The van der Waals surface area contributed by atoms with E-state index in [-0.39, 0.29) is 24.2 Å². The van der Waals surface area contributed by atoms with Gasteiger partial charge >= 0.3 is 6.61 Å². The average molecular weight is 345 g/mol. The van der Waals surface area contributed by atoms with Crippen LogP contribution in [0.15, 0.2) is 48.5 Å². The van der Waals surface area contributed by atoms with Gasteiger partial charge in [0.1, 0.15) is 5.75 Å². The monoisotopic (exact) mass is 345 g/mol. The summed E-state index contributed by atoms with van der Waals surface area (Å²) in [6, 6.07) is 14.6. The SMILES string of the molecule is CC(NC(=O)CNc1ccc(C#N)cc1)c1ccc(OC(F)F)cc1. The van der Waals surface area contributed by atoms with Crippen molar-refractivity contribution in [1.29, 1.82) is 5.26 Å². The van der Waals surface area contributed by atoms with Gasteiger partial charge in [0.15, 0.2) is 0 Å². The normalized spacial score (nSPS) is 11.5. The molecule has 0 radical (unpaired) electrons. The zero-order chi connectivity index (χ0) is 18.2. The molecule has 5 nitrogen and oxygen atoms in total. The fourth-order valence-corrected chi connectivity index (χ4v) is 2.16. The molecule has 130 valence electrons. The summed E-state index contributed by atoms with van der Waals surface area (Å²) in [5.74, 6) is -0.149. The molecule has 0 saturated carbocycles. The number of nitrogens with one attached hydrogen (secondary N) is 2. The van der Waals surface area contributed by atoms with Crippen molar-refractivity contribution < 1.29 is 18.3 Å². The summed E-state index contributed by atoms with van der Waals surface area (Å²) in [4.78, 5) is 12.0. The van der Waals surface area contributed by atoms with E-state index in [0.717, 1.165) is 11.3 Å². The van der Waals surface area contributed by atoms with Crippen LogP contribution in [-0.4, -0.2) is 19.1 Å². The molecule has 2 rings (SSSR count). The highest BCUT2D eigenvalue weighted by atomic mass is 19.3. The Labute approximate surface area is 144 Å². The molecule has 2 aromatic rings. The molecule has 0 spiro atoms. The molecular weight excluding hydrogens is 328 g/mol. The lowest BCUT2D eigenvalue weighted by molar-refractivity contribution is -0.120. The zero-order valence-corrected chi connectivity index (χ0v) is 13.5. The summed E-state index contributed by atoms with van der Waals surface area (Å²) in [6.45, 7) is -0.998. The molecule has 1 atom stereocenters. The van der Waals surface area contributed by atoms with Crippen LogP contribution in [0.25, 0.3) is 0 Å². The summed E-state index contributed by atoms with van der Waals surface area (Å²) in [5, 5.41) is 14.5. The number of ether oxygens (including phenoxy) is 1. The van der Waals surface area contributed by atoms with Gasteiger partial charge in [0.2, 0.25) is 5.91 Å². The van der Waals surface area contributed by atoms with E-state index < -0.39 is 6.61 Å². The van der Waals surface area contributed by atoms with Crippen molar-refractivity contribution in [2.75, 3.05) is 11.9 Å². The van der Waals surface area contributed by atoms with Gasteiger partial charge in [-0.15, -0.1) is 0 Å². The van der Waals surface area contributed by atoms with E-state index in [1.54, 1.807) is 43.3 Å². The summed E-state index contributed by atoms with van der Waals surface area (Å²) in [7, 11) is 0. The molecule has 0 aliphatic heterocycles. The van der Waals surface area contributed by atoms with Gasteiger partial charge in [-0.2, -0.15) is 14.0 Å². The van der Waals surface area contributed by atoms with Gasteiger partial charge < -0.3 is 15.4 Å². The smallest absolute Gasteiger partial charge is 0.387 e. The van der Waals surface area contributed by atoms with Crippen LogP contribution >= 0.6 is 0 Å². The molecule has 0 aromatic heterocycles. The van der Waals surface area contributed by atoms with E-state index in [1.165, 1.54) is 12.1 Å². The summed E-state index contributed by atoms with van der Waals surface area (Å²) in [6.07, 6.45) is 0. The van der Waals surface area contributed by atoms with Gasteiger partial charge in [-0.3, -0.25) is 4.79 Å². The standard InChI is InChI=1S/C18H17F2N3O2/c1-12(14-4-8-16(9-5-14)25-18(19)20)23-17(24)11-22-15-6-2-13(10-21)3-7-15/h2-9,12,18,22H,11H2,1H3,(H,23,24). The third-order valence-corrected chi connectivity index (χ3v) is 3.45. The number of rotatable bonds is 7. The zero-order valence-electron chi connectivity index (χ0n) is 13.5. The van der Waals surface area contributed by atoms with Crippen molar-refractivity contribution in [2.24, 2.45) is 0 Å². The van der Waals surface area contributed by atoms with E-state index in [9.17, 15) is 13.6 Å². The first-order valence-electron chi connectivity index (χ1n) is 7.56. The largest absolute Gasteiger partial charge is 0.435 e. The van der Waals surface area contributed by atoms with E-state index >= 15 is 0 Å². The van der Waals surface area contributed by atoms with Crippen LogP contribution < -0.4 is 15.4 Å². The number of hydrogen-bond acceptors (Lipinski definition) is 4. The molecule has 2 N–H and O–H groups in total. The second-order valence-electron chi connectivity index (χ2n) is 5.28.